The summed E-state index contributed by atoms with van der Waals surface area (Å²) < 4.78 is 2.43. The maximum absolute atomic E-state index is 11.4. The van der Waals surface area contributed by atoms with Gasteiger partial charge in [0.2, 0.25) is 5.91 Å². The minimum Gasteiger partial charge on any atom is -0.343 e. The molecule has 4 rings (SSSR count). The largest absolute Gasteiger partial charge is 0.343 e. The molecule has 0 spiro atoms. The van der Waals surface area contributed by atoms with Crippen LogP contribution in [0.2, 0.25) is 0 Å². The molecule has 0 aromatic carbocycles. The van der Waals surface area contributed by atoms with Gasteiger partial charge in [-0.2, -0.15) is 0 Å². The van der Waals surface area contributed by atoms with Crippen molar-refractivity contribution in [2.24, 2.45) is 5.92 Å². The van der Waals surface area contributed by atoms with E-state index in [-0.39, 0.29) is 5.91 Å². The molecule has 0 atom stereocenters. The Morgan fingerprint density at radius 2 is 2.00 bits per heavy atom. The molecule has 5 heteroatoms. The summed E-state index contributed by atoms with van der Waals surface area (Å²) in [5.74, 6) is 0.967. The highest BCUT2D eigenvalue weighted by molar-refractivity contribution is 5.73. The molecule has 1 saturated heterocycles. The molecule has 0 unspecified atom stereocenters. The van der Waals surface area contributed by atoms with Crippen LogP contribution in [0, 0.1) is 5.92 Å². The van der Waals surface area contributed by atoms with Crippen LogP contribution in [0.5, 0.6) is 0 Å². The number of aromatic nitrogens is 2. The molecule has 2 aliphatic heterocycles. The van der Waals surface area contributed by atoms with E-state index in [9.17, 15) is 4.79 Å². The Morgan fingerprint density at radius 3 is 2.68 bits per heavy atom. The predicted octanol–water partition coefficient (Wildman–Crippen LogP) is 1.83. The Kier molecular flexibility index (Phi) is 3.68. The molecule has 1 aliphatic carbocycles. The fourth-order valence-corrected chi connectivity index (χ4v) is 4.00. The van der Waals surface area contributed by atoms with Gasteiger partial charge >= 0.3 is 0 Å². The van der Waals surface area contributed by atoms with Crippen LogP contribution in [0.25, 0.3) is 0 Å². The van der Waals surface area contributed by atoms with Crippen LogP contribution in [0.15, 0.2) is 6.33 Å². The lowest BCUT2D eigenvalue weighted by Gasteiger charge is -2.35. The Balaban J connectivity index is 1.32. The summed E-state index contributed by atoms with van der Waals surface area (Å²) in [5, 5.41) is 0. The lowest BCUT2D eigenvalue weighted by atomic mass is 9.95. The highest BCUT2D eigenvalue weighted by atomic mass is 16.2. The number of likely N-dealkylation sites (tertiary alicyclic amines) is 1. The smallest absolute Gasteiger partial charge is 0.219 e. The van der Waals surface area contributed by atoms with Crippen LogP contribution in [0.3, 0.4) is 0 Å². The summed E-state index contributed by atoms with van der Waals surface area (Å²) in [6.07, 6.45) is 8.19. The molecule has 1 aromatic rings. The second kappa shape index (κ2) is 5.69. The molecular weight excluding hydrogens is 276 g/mol. The Labute approximate surface area is 132 Å². The van der Waals surface area contributed by atoms with Crippen molar-refractivity contribution in [2.75, 3.05) is 26.2 Å². The summed E-state index contributed by atoms with van der Waals surface area (Å²) in [4.78, 5) is 20.6. The first kappa shape index (κ1) is 14.2. The number of hydrogen-bond acceptors (Lipinski definition) is 3. The molecule has 0 N–H and O–H groups in total. The SMILES string of the molecule is CC(=O)N1CCC(CN2CCc3c(ncn3C3CC3)C2)CC1. The van der Waals surface area contributed by atoms with Crippen LogP contribution in [-0.2, 0) is 17.8 Å². The van der Waals surface area contributed by atoms with Crippen LogP contribution in [0.4, 0.5) is 0 Å². The van der Waals surface area contributed by atoms with Crippen molar-refractivity contribution >= 4 is 5.91 Å². The monoisotopic (exact) mass is 302 g/mol. The maximum Gasteiger partial charge on any atom is 0.219 e. The Bertz CT molecular complexity index is 555. The van der Waals surface area contributed by atoms with Crippen molar-refractivity contribution in [2.45, 2.75) is 51.6 Å². The minimum absolute atomic E-state index is 0.228. The Hall–Kier alpha value is -1.36. The zero-order valence-corrected chi connectivity index (χ0v) is 13.5. The van der Waals surface area contributed by atoms with Gasteiger partial charge in [0.05, 0.1) is 12.0 Å². The zero-order valence-electron chi connectivity index (χ0n) is 13.5. The maximum atomic E-state index is 11.4. The molecule has 3 aliphatic rings. The van der Waals surface area contributed by atoms with Gasteiger partial charge in [-0.05, 0) is 31.6 Å². The van der Waals surface area contributed by atoms with E-state index in [0.717, 1.165) is 50.9 Å². The third kappa shape index (κ3) is 2.78. The molecule has 1 amide bonds. The van der Waals surface area contributed by atoms with Crippen LogP contribution in [0.1, 0.15) is 50.0 Å². The molecule has 22 heavy (non-hydrogen) atoms. The van der Waals surface area contributed by atoms with Crippen molar-refractivity contribution in [3.63, 3.8) is 0 Å². The normalized spacial score (nSPS) is 23.6. The van der Waals surface area contributed by atoms with Gasteiger partial charge in [0, 0.05) is 57.8 Å². The molecule has 0 radical (unpaired) electrons. The molecule has 1 aromatic heterocycles. The van der Waals surface area contributed by atoms with E-state index >= 15 is 0 Å². The quantitative estimate of drug-likeness (QED) is 0.855. The first-order valence-corrected chi connectivity index (χ1v) is 8.73. The summed E-state index contributed by atoms with van der Waals surface area (Å²) in [7, 11) is 0. The van der Waals surface area contributed by atoms with E-state index < -0.39 is 0 Å². The summed E-state index contributed by atoms with van der Waals surface area (Å²) >= 11 is 0. The molecule has 120 valence electrons. The number of carbonyl (C=O) groups is 1. The van der Waals surface area contributed by atoms with Gasteiger partial charge in [0.1, 0.15) is 0 Å². The van der Waals surface area contributed by atoms with Gasteiger partial charge in [-0.25, -0.2) is 4.98 Å². The van der Waals surface area contributed by atoms with Gasteiger partial charge in [0.15, 0.2) is 0 Å². The van der Waals surface area contributed by atoms with Crippen molar-refractivity contribution in [1.29, 1.82) is 0 Å². The average molecular weight is 302 g/mol. The standard InChI is InChI=1S/C17H26N4O/c1-13(22)20-8-4-14(5-9-20)10-19-7-6-17-16(11-19)18-12-21(17)15-2-3-15/h12,14-15H,2-11H2,1H3. The van der Waals surface area contributed by atoms with E-state index in [4.69, 9.17) is 0 Å². The number of hydrogen-bond donors (Lipinski definition) is 0. The third-order valence-electron chi connectivity index (χ3n) is 5.54. The first-order chi connectivity index (χ1) is 10.7. The van der Waals surface area contributed by atoms with Gasteiger partial charge in [-0.15, -0.1) is 0 Å². The van der Waals surface area contributed by atoms with Gasteiger partial charge in [-0.3, -0.25) is 9.69 Å². The number of fused-ring (bicyclic) bond motifs is 1. The van der Waals surface area contributed by atoms with E-state index in [1.807, 2.05) is 4.90 Å². The van der Waals surface area contributed by atoms with Crippen LogP contribution < -0.4 is 0 Å². The minimum atomic E-state index is 0.228. The predicted molar refractivity (Wildman–Crippen MR) is 84.5 cm³/mol. The number of amides is 1. The number of piperidine rings is 1. The van der Waals surface area contributed by atoms with Gasteiger partial charge in [0.25, 0.3) is 0 Å². The van der Waals surface area contributed by atoms with Gasteiger partial charge in [-0.1, -0.05) is 0 Å². The van der Waals surface area contributed by atoms with Gasteiger partial charge < -0.3 is 9.47 Å². The summed E-state index contributed by atoms with van der Waals surface area (Å²) in [5.41, 5.74) is 2.80. The molecule has 0 bridgehead atoms. The highest BCUT2D eigenvalue weighted by Gasteiger charge is 2.30. The summed E-state index contributed by atoms with van der Waals surface area (Å²) in [6, 6.07) is 0.749. The van der Waals surface area contributed by atoms with Crippen LogP contribution in [-0.4, -0.2) is 51.4 Å². The van der Waals surface area contributed by atoms with Crippen molar-refractivity contribution in [1.82, 2.24) is 19.4 Å². The lowest BCUT2D eigenvalue weighted by molar-refractivity contribution is -0.130. The number of rotatable bonds is 3. The second-order valence-electron chi connectivity index (χ2n) is 7.21. The number of imidazole rings is 1. The average Bonchev–Trinajstić information content (AvgIpc) is 3.28. The van der Waals surface area contributed by atoms with E-state index in [0.29, 0.717) is 0 Å². The number of nitrogens with zero attached hydrogens (tertiary/aromatic N) is 4. The fourth-order valence-electron chi connectivity index (χ4n) is 4.00. The molecule has 5 nitrogen and oxygen atoms in total. The third-order valence-corrected chi connectivity index (χ3v) is 5.54. The van der Waals surface area contributed by atoms with E-state index in [2.05, 4.69) is 20.8 Å². The van der Waals surface area contributed by atoms with Crippen molar-refractivity contribution in [3.8, 4) is 0 Å². The Morgan fingerprint density at radius 1 is 1.23 bits per heavy atom. The zero-order chi connectivity index (χ0) is 15.1. The summed E-state index contributed by atoms with van der Waals surface area (Å²) in [6.45, 7) is 6.91. The van der Waals surface area contributed by atoms with Crippen molar-refractivity contribution in [3.05, 3.63) is 17.7 Å². The highest BCUT2D eigenvalue weighted by Crippen LogP contribution is 2.37. The molecular formula is C17H26N4O. The first-order valence-electron chi connectivity index (χ1n) is 8.73. The van der Waals surface area contributed by atoms with E-state index in [1.165, 1.54) is 37.3 Å². The second-order valence-corrected chi connectivity index (χ2v) is 7.21. The lowest BCUT2D eigenvalue weighted by Crippen LogP contribution is -2.42. The molecule has 1 saturated carbocycles. The topological polar surface area (TPSA) is 41.4 Å². The fraction of sp³-hybridized carbons (Fsp3) is 0.765. The molecule has 3 heterocycles. The van der Waals surface area contributed by atoms with Crippen LogP contribution >= 0.6 is 0 Å². The van der Waals surface area contributed by atoms with E-state index in [1.54, 1.807) is 6.92 Å². The number of carbonyl (C=O) groups excluding carboxylic acids is 1. The van der Waals surface area contributed by atoms with Crippen molar-refractivity contribution < 1.29 is 4.79 Å². The molecule has 2 fully saturated rings.